The van der Waals surface area contributed by atoms with E-state index in [4.69, 9.17) is 11.6 Å². The van der Waals surface area contributed by atoms with Gasteiger partial charge < -0.3 is 5.32 Å². The molecule has 84 valence electrons. The number of hydrogen-bond donors (Lipinski definition) is 1. The normalized spacial score (nSPS) is 18.1. The lowest BCUT2D eigenvalue weighted by Gasteiger charge is -2.03. The number of allylic oxidation sites excluding steroid dienone is 1. The molecule has 0 heterocycles. The molecule has 0 bridgehead atoms. The number of Topliss-reactive ketones (excluding diaryl/α,β-unsaturated/α-hetero) is 1. The molecule has 0 spiro atoms. The molecule has 1 aromatic carbocycles. The summed E-state index contributed by atoms with van der Waals surface area (Å²) in [4.78, 5) is 11.3. The van der Waals surface area contributed by atoms with Crippen molar-refractivity contribution in [1.82, 2.24) is 0 Å². The standard InChI is InChI=1S/C12H11ClFNO/c13-10-6-9(4-5-11(10)14)15-7-8-2-1-3-12(8)16/h4-7,15H,1-3H2/b8-7-. The van der Waals surface area contributed by atoms with Crippen LogP contribution in [0.2, 0.25) is 5.02 Å². The number of hydrogen-bond acceptors (Lipinski definition) is 2. The highest BCUT2D eigenvalue weighted by molar-refractivity contribution is 6.31. The monoisotopic (exact) mass is 239 g/mol. The molecule has 1 aliphatic carbocycles. The molecule has 1 aliphatic rings. The summed E-state index contributed by atoms with van der Waals surface area (Å²) in [5.74, 6) is -0.266. The van der Waals surface area contributed by atoms with Gasteiger partial charge in [-0.1, -0.05) is 11.6 Å². The minimum atomic E-state index is -0.447. The van der Waals surface area contributed by atoms with E-state index in [9.17, 15) is 9.18 Å². The molecule has 0 radical (unpaired) electrons. The first-order valence-corrected chi connectivity index (χ1v) is 5.48. The van der Waals surface area contributed by atoms with Gasteiger partial charge in [0.2, 0.25) is 0 Å². The number of rotatable bonds is 2. The number of ketones is 1. The zero-order valence-corrected chi connectivity index (χ0v) is 9.35. The second-order valence-electron chi connectivity index (χ2n) is 3.72. The Morgan fingerprint density at radius 3 is 2.81 bits per heavy atom. The van der Waals surface area contributed by atoms with E-state index >= 15 is 0 Å². The summed E-state index contributed by atoms with van der Waals surface area (Å²) in [6, 6.07) is 4.37. The summed E-state index contributed by atoms with van der Waals surface area (Å²) in [5.41, 5.74) is 1.47. The molecule has 16 heavy (non-hydrogen) atoms. The van der Waals surface area contributed by atoms with Gasteiger partial charge >= 0.3 is 0 Å². The number of anilines is 1. The van der Waals surface area contributed by atoms with Crippen molar-refractivity contribution < 1.29 is 9.18 Å². The minimum Gasteiger partial charge on any atom is -0.361 e. The molecule has 1 aromatic rings. The number of carbonyl (C=O) groups excluding carboxylic acids is 1. The van der Waals surface area contributed by atoms with Gasteiger partial charge in [-0.25, -0.2) is 4.39 Å². The van der Waals surface area contributed by atoms with Gasteiger partial charge in [-0.2, -0.15) is 0 Å². The zero-order chi connectivity index (χ0) is 11.5. The largest absolute Gasteiger partial charge is 0.361 e. The summed E-state index contributed by atoms with van der Waals surface area (Å²) in [5, 5.41) is 3.02. The van der Waals surface area contributed by atoms with E-state index < -0.39 is 5.82 Å². The van der Waals surface area contributed by atoms with Crippen LogP contribution in [0.5, 0.6) is 0 Å². The second-order valence-corrected chi connectivity index (χ2v) is 4.13. The zero-order valence-electron chi connectivity index (χ0n) is 8.59. The third-order valence-corrected chi connectivity index (χ3v) is 2.83. The molecular formula is C12H11ClFNO. The van der Waals surface area contributed by atoms with Crippen LogP contribution in [0.1, 0.15) is 19.3 Å². The van der Waals surface area contributed by atoms with Crippen LogP contribution in [0.25, 0.3) is 0 Å². The van der Waals surface area contributed by atoms with Crippen LogP contribution < -0.4 is 5.32 Å². The van der Waals surface area contributed by atoms with Crippen LogP contribution >= 0.6 is 11.6 Å². The molecule has 0 aromatic heterocycles. The molecule has 2 nitrogen and oxygen atoms in total. The fourth-order valence-electron chi connectivity index (χ4n) is 1.65. The third kappa shape index (κ3) is 2.42. The first-order valence-electron chi connectivity index (χ1n) is 5.10. The van der Waals surface area contributed by atoms with Gasteiger partial charge in [-0.3, -0.25) is 4.79 Å². The van der Waals surface area contributed by atoms with Crippen molar-refractivity contribution in [2.24, 2.45) is 0 Å². The summed E-state index contributed by atoms with van der Waals surface area (Å²) in [6.07, 6.45) is 4.02. The van der Waals surface area contributed by atoms with Crippen LogP contribution in [-0.2, 0) is 4.79 Å². The lowest BCUT2D eigenvalue weighted by molar-refractivity contribution is -0.114. The highest BCUT2D eigenvalue weighted by Crippen LogP contribution is 2.22. The third-order valence-electron chi connectivity index (χ3n) is 2.54. The predicted molar refractivity (Wildman–Crippen MR) is 62.0 cm³/mol. The van der Waals surface area contributed by atoms with E-state index in [1.165, 1.54) is 12.1 Å². The minimum absolute atomic E-state index is 0.0705. The van der Waals surface area contributed by atoms with Crippen LogP contribution in [0.3, 0.4) is 0 Å². The Morgan fingerprint density at radius 1 is 1.38 bits per heavy atom. The molecule has 0 aliphatic heterocycles. The van der Waals surface area contributed by atoms with Gasteiger partial charge in [0.15, 0.2) is 5.78 Å². The number of halogens is 2. The molecule has 0 saturated heterocycles. The molecule has 4 heteroatoms. The van der Waals surface area contributed by atoms with Crippen LogP contribution in [0.15, 0.2) is 30.0 Å². The van der Waals surface area contributed by atoms with Crippen molar-refractivity contribution in [2.45, 2.75) is 19.3 Å². The molecule has 0 unspecified atom stereocenters. The second kappa shape index (κ2) is 4.66. The van der Waals surface area contributed by atoms with E-state index in [2.05, 4.69) is 5.32 Å². The van der Waals surface area contributed by atoms with Crippen LogP contribution in [0.4, 0.5) is 10.1 Å². The lowest BCUT2D eigenvalue weighted by atomic mass is 10.2. The molecule has 1 saturated carbocycles. The number of benzene rings is 1. The van der Waals surface area contributed by atoms with Gasteiger partial charge in [0.1, 0.15) is 5.82 Å². The van der Waals surface area contributed by atoms with Gasteiger partial charge in [0, 0.05) is 23.9 Å². The maximum absolute atomic E-state index is 12.9. The van der Waals surface area contributed by atoms with Crippen molar-refractivity contribution in [2.75, 3.05) is 5.32 Å². The topological polar surface area (TPSA) is 29.1 Å². The highest BCUT2D eigenvalue weighted by Gasteiger charge is 2.16. The first-order chi connectivity index (χ1) is 7.66. The Labute approximate surface area is 98.1 Å². The summed E-state index contributed by atoms with van der Waals surface area (Å²) in [7, 11) is 0. The summed E-state index contributed by atoms with van der Waals surface area (Å²) < 4.78 is 12.9. The Bertz CT molecular complexity index is 456. The molecule has 0 amide bonds. The first kappa shape index (κ1) is 11.1. The SMILES string of the molecule is O=C1CCC/C1=C/Nc1ccc(F)c(Cl)c1. The quantitative estimate of drug-likeness (QED) is 0.800. The van der Waals surface area contributed by atoms with Gasteiger partial charge in [-0.05, 0) is 31.0 Å². The molecule has 0 atom stereocenters. The maximum atomic E-state index is 12.9. The lowest BCUT2D eigenvalue weighted by Crippen LogP contribution is -1.96. The molecule has 1 N–H and O–H groups in total. The van der Waals surface area contributed by atoms with E-state index in [1.807, 2.05) is 0 Å². The number of carbonyl (C=O) groups is 1. The van der Waals surface area contributed by atoms with Gasteiger partial charge in [0.05, 0.1) is 5.02 Å². The van der Waals surface area contributed by atoms with Gasteiger partial charge in [-0.15, -0.1) is 0 Å². The maximum Gasteiger partial charge on any atom is 0.160 e. The van der Waals surface area contributed by atoms with E-state index in [0.29, 0.717) is 12.1 Å². The summed E-state index contributed by atoms with van der Waals surface area (Å²) >= 11 is 5.64. The van der Waals surface area contributed by atoms with Crippen molar-refractivity contribution >= 4 is 23.1 Å². The van der Waals surface area contributed by atoms with Crippen molar-refractivity contribution in [3.05, 3.63) is 40.8 Å². The van der Waals surface area contributed by atoms with E-state index in [-0.39, 0.29) is 10.8 Å². The van der Waals surface area contributed by atoms with Crippen molar-refractivity contribution in [3.8, 4) is 0 Å². The Morgan fingerprint density at radius 2 is 2.19 bits per heavy atom. The fraction of sp³-hybridized carbons (Fsp3) is 0.250. The Kier molecular flexibility index (Phi) is 3.25. The number of nitrogens with one attached hydrogen (secondary N) is 1. The van der Waals surface area contributed by atoms with Crippen LogP contribution in [-0.4, -0.2) is 5.78 Å². The van der Waals surface area contributed by atoms with Crippen LogP contribution in [0, 0.1) is 5.82 Å². The Balaban J connectivity index is 2.09. The molecule has 1 fully saturated rings. The van der Waals surface area contributed by atoms with E-state index in [0.717, 1.165) is 18.4 Å². The van der Waals surface area contributed by atoms with E-state index in [1.54, 1.807) is 12.3 Å². The van der Waals surface area contributed by atoms with Crippen molar-refractivity contribution in [1.29, 1.82) is 0 Å². The van der Waals surface area contributed by atoms with Crippen molar-refractivity contribution in [3.63, 3.8) is 0 Å². The smallest absolute Gasteiger partial charge is 0.160 e. The average molecular weight is 240 g/mol. The average Bonchev–Trinajstić information content (AvgIpc) is 2.66. The van der Waals surface area contributed by atoms with Gasteiger partial charge in [0.25, 0.3) is 0 Å². The summed E-state index contributed by atoms with van der Waals surface area (Å²) in [6.45, 7) is 0. The fourth-order valence-corrected chi connectivity index (χ4v) is 1.83. The predicted octanol–water partition coefficient (Wildman–Crippen LogP) is 3.53. The molecular weight excluding hydrogens is 229 g/mol. The molecule has 2 rings (SSSR count). The Hall–Kier alpha value is -1.35. The highest BCUT2D eigenvalue weighted by atomic mass is 35.5.